The molecule has 0 radical (unpaired) electrons. The molecule has 0 saturated carbocycles. The van der Waals surface area contributed by atoms with Gasteiger partial charge in [-0.1, -0.05) is 88.4 Å². The summed E-state index contributed by atoms with van der Waals surface area (Å²) in [5.41, 5.74) is -8.36. The summed E-state index contributed by atoms with van der Waals surface area (Å²) in [5.74, 6) is 0. The highest BCUT2D eigenvalue weighted by Gasteiger charge is 2.60. The van der Waals surface area contributed by atoms with Gasteiger partial charge in [0, 0.05) is 23.5 Å². The van der Waals surface area contributed by atoms with Crippen molar-refractivity contribution in [2.24, 2.45) is 0 Å². The molecule has 2 aliphatic heterocycles. The van der Waals surface area contributed by atoms with Crippen LogP contribution >= 0.6 is 23.2 Å². The van der Waals surface area contributed by atoms with Gasteiger partial charge >= 0.3 is 27.0 Å². The number of nitrogens with zero attached hydrogens (tertiary/aromatic N) is 2. The Morgan fingerprint density at radius 3 is 1.48 bits per heavy atom. The summed E-state index contributed by atoms with van der Waals surface area (Å²) >= 11 is 9.53. The first-order valence-corrected chi connectivity index (χ1v) is 22.8. The molecule has 6 atom stereocenters. The number of rotatable bonds is 14. The van der Waals surface area contributed by atoms with Crippen molar-refractivity contribution in [2.45, 2.75) is 134 Å². The lowest BCUT2D eigenvalue weighted by Gasteiger charge is -2.33. The van der Waals surface area contributed by atoms with Crippen molar-refractivity contribution < 1.29 is 49.8 Å². The summed E-state index contributed by atoms with van der Waals surface area (Å²) in [7, 11) is -6.08. The molecule has 0 aliphatic carbocycles. The van der Waals surface area contributed by atoms with Crippen LogP contribution in [0.2, 0.25) is 0 Å². The van der Waals surface area contributed by atoms with Crippen molar-refractivity contribution in [1.29, 1.82) is 0 Å². The highest BCUT2D eigenvalue weighted by Crippen LogP contribution is 2.46. The molecule has 2 unspecified atom stereocenters. The molecular formula is C42H53Cl2F3N4O12S. The first kappa shape index (κ1) is 52.5. The van der Waals surface area contributed by atoms with Gasteiger partial charge in [-0.05, 0) is 50.7 Å². The van der Waals surface area contributed by atoms with Crippen LogP contribution in [0.5, 0.6) is 0 Å². The molecule has 0 amide bonds. The molecule has 354 valence electrons. The topological polar surface area (TPSA) is 210 Å². The zero-order valence-corrected chi connectivity index (χ0v) is 38.3. The zero-order chi connectivity index (χ0) is 47.6. The van der Waals surface area contributed by atoms with E-state index in [2.05, 4.69) is 9.17 Å². The molecule has 6 rings (SSSR count). The number of aliphatic hydroxyl groups excluding tert-OH is 1. The van der Waals surface area contributed by atoms with Crippen molar-refractivity contribution >= 4 is 33.3 Å². The molecule has 0 bridgehead atoms. The quantitative estimate of drug-likeness (QED) is 0.0749. The van der Waals surface area contributed by atoms with Crippen molar-refractivity contribution in [3.05, 3.63) is 137 Å². The molecule has 22 heteroatoms. The standard InChI is InChI=1S/C21H25F3N2O7S.C20H26N2O5.CH2Cl2/c1-4-20(5-2)16(31-12-14-9-7-6-8-10-14)15(33-34(29,30)21(22,23)24)18(32-20)26-11-13(3)17(27)25-19(26)28;1-4-20(5-2)16(26-12-14-9-7-6-8-10-14)15(23)18(27-20)22-11-13(3)17(24)21-19(22)25;2-1-3/h6-11,15-16,18H,4-5,12H2,1-3H3,(H,25,27,28);6-11,15-16,18,23H,4-5,12H2,1-3H3,(H,21,24,25);1H2/t15-,16?,18+;15-,16?,18-;/m01./s1. The molecule has 2 saturated heterocycles. The van der Waals surface area contributed by atoms with Crippen LogP contribution in [0.15, 0.2) is 92.2 Å². The van der Waals surface area contributed by atoms with Gasteiger partial charge in [-0.2, -0.15) is 21.6 Å². The molecule has 2 aliphatic rings. The number of halogens is 5. The summed E-state index contributed by atoms with van der Waals surface area (Å²) in [6.07, 6.45) is -3.21. The summed E-state index contributed by atoms with van der Waals surface area (Å²) in [4.78, 5) is 52.5. The fourth-order valence-corrected chi connectivity index (χ4v) is 8.20. The Hall–Kier alpha value is -4.12. The SMILES string of the molecule is CCC1(CC)O[C@@H](n2cc(C)c(=O)[nH]c2=O)[C@@H](OS(=O)(=O)C(F)(F)F)C1OCc1ccccc1.CCC1(CC)O[C@@H](n2cc(C)c(=O)[nH]c2=O)[C@H](O)C1OCc1ccccc1.ClCCl. The third-order valence-corrected chi connectivity index (χ3v) is 12.3. The van der Waals surface area contributed by atoms with E-state index in [1.54, 1.807) is 51.1 Å². The average Bonchev–Trinajstić information content (AvgIpc) is 3.72. The Bertz CT molecular complexity index is 2480. The molecule has 16 nitrogen and oxygen atoms in total. The second-order valence-corrected chi connectivity index (χ2v) is 17.4. The predicted molar refractivity (Wildman–Crippen MR) is 231 cm³/mol. The van der Waals surface area contributed by atoms with Crippen LogP contribution in [0.25, 0.3) is 0 Å². The predicted octanol–water partition coefficient (Wildman–Crippen LogP) is 6.05. The third-order valence-electron chi connectivity index (χ3n) is 11.2. The van der Waals surface area contributed by atoms with Crippen molar-refractivity contribution in [3.63, 3.8) is 0 Å². The number of aromatic amines is 2. The lowest BCUT2D eigenvalue weighted by Crippen LogP contribution is -2.47. The minimum absolute atomic E-state index is 0.0629. The van der Waals surface area contributed by atoms with E-state index < -0.39 is 86.2 Å². The highest BCUT2D eigenvalue weighted by atomic mass is 35.5. The summed E-state index contributed by atoms with van der Waals surface area (Å²) in [5, 5.41) is 11.2. The minimum Gasteiger partial charge on any atom is -0.386 e. The van der Waals surface area contributed by atoms with Crippen LogP contribution in [0.4, 0.5) is 13.2 Å². The van der Waals surface area contributed by atoms with E-state index in [4.69, 9.17) is 42.1 Å². The van der Waals surface area contributed by atoms with Gasteiger partial charge in [0.1, 0.15) is 18.3 Å². The highest BCUT2D eigenvalue weighted by molar-refractivity contribution is 7.87. The summed E-state index contributed by atoms with van der Waals surface area (Å²) in [6.45, 7) is 10.6. The number of aryl methyl sites for hydroxylation is 2. The lowest BCUT2D eigenvalue weighted by molar-refractivity contribution is -0.125. The van der Waals surface area contributed by atoms with Gasteiger partial charge in [0.05, 0.1) is 29.8 Å². The Kier molecular flexibility index (Phi) is 18.4. The van der Waals surface area contributed by atoms with E-state index in [0.29, 0.717) is 30.6 Å². The second-order valence-electron chi connectivity index (χ2n) is 15.0. The molecule has 2 aromatic carbocycles. The number of benzene rings is 2. The fraction of sp³-hybridized carbons (Fsp3) is 0.524. The largest absolute Gasteiger partial charge is 0.523 e. The number of ether oxygens (including phenoxy) is 4. The van der Waals surface area contributed by atoms with Crippen molar-refractivity contribution in [1.82, 2.24) is 19.1 Å². The van der Waals surface area contributed by atoms with Crippen LogP contribution < -0.4 is 22.5 Å². The summed E-state index contributed by atoms with van der Waals surface area (Å²) in [6, 6.07) is 18.4. The van der Waals surface area contributed by atoms with Crippen LogP contribution in [-0.4, -0.2) is 79.1 Å². The van der Waals surface area contributed by atoms with Crippen LogP contribution in [0.3, 0.4) is 0 Å². The van der Waals surface area contributed by atoms with E-state index in [1.807, 2.05) is 49.2 Å². The molecule has 4 aromatic rings. The van der Waals surface area contributed by atoms with E-state index in [0.717, 1.165) is 16.3 Å². The Labute approximate surface area is 377 Å². The number of alkyl halides is 5. The van der Waals surface area contributed by atoms with E-state index >= 15 is 0 Å². The third kappa shape index (κ3) is 11.8. The number of hydrogen-bond acceptors (Lipinski definition) is 12. The Morgan fingerprint density at radius 1 is 0.703 bits per heavy atom. The van der Waals surface area contributed by atoms with Gasteiger partial charge < -0.3 is 24.1 Å². The average molecular weight is 966 g/mol. The maximum absolute atomic E-state index is 13.2. The molecule has 3 N–H and O–H groups in total. The maximum atomic E-state index is 13.2. The molecular weight excluding hydrogens is 912 g/mol. The van der Waals surface area contributed by atoms with E-state index in [-0.39, 0.29) is 30.4 Å². The lowest BCUT2D eigenvalue weighted by atomic mass is 9.89. The number of aromatic nitrogens is 4. The van der Waals surface area contributed by atoms with Crippen LogP contribution in [0, 0.1) is 13.8 Å². The number of nitrogens with one attached hydrogen (secondary N) is 2. The first-order chi connectivity index (χ1) is 30.2. The van der Waals surface area contributed by atoms with Gasteiger partial charge in [-0.25, -0.2) is 9.59 Å². The molecule has 2 aromatic heterocycles. The van der Waals surface area contributed by atoms with Gasteiger partial charge in [-0.15, -0.1) is 23.2 Å². The number of aliphatic hydroxyl groups is 1. The minimum atomic E-state index is -6.08. The monoisotopic (exact) mass is 964 g/mol. The first-order valence-electron chi connectivity index (χ1n) is 20.3. The van der Waals surface area contributed by atoms with Gasteiger partial charge in [0.15, 0.2) is 18.6 Å². The van der Waals surface area contributed by atoms with Gasteiger partial charge in [-0.3, -0.25) is 32.9 Å². The Balaban J connectivity index is 0.000000270. The van der Waals surface area contributed by atoms with E-state index in [9.17, 15) is 45.9 Å². The number of H-pyrrole nitrogens is 2. The van der Waals surface area contributed by atoms with Crippen molar-refractivity contribution in [2.75, 3.05) is 5.34 Å². The molecule has 0 spiro atoms. The normalized spacial score (nSPS) is 22.6. The molecule has 2 fully saturated rings. The molecule has 4 heterocycles. The molecule has 64 heavy (non-hydrogen) atoms. The van der Waals surface area contributed by atoms with Crippen LogP contribution in [-0.2, 0) is 46.5 Å². The number of hydrogen-bond donors (Lipinski definition) is 3. The van der Waals surface area contributed by atoms with Gasteiger partial charge in [0.25, 0.3) is 11.1 Å². The second kappa shape index (κ2) is 22.4. The van der Waals surface area contributed by atoms with Crippen molar-refractivity contribution in [3.8, 4) is 0 Å². The fourth-order valence-electron chi connectivity index (χ4n) is 7.60. The maximum Gasteiger partial charge on any atom is 0.523 e. The van der Waals surface area contributed by atoms with Gasteiger partial charge in [0.2, 0.25) is 0 Å². The Morgan fingerprint density at radius 2 is 1.08 bits per heavy atom. The summed E-state index contributed by atoms with van der Waals surface area (Å²) < 4.78 is 94.7. The zero-order valence-electron chi connectivity index (χ0n) is 36.0. The van der Waals surface area contributed by atoms with E-state index in [1.165, 1.54) is 17.7 Å². The smallest absolute Gasteiger partial charge is 0.386 e. The van der Waals surface area contributed by atoms with Crippen LogP contribution in [0.1, 0.15) is 88.1 Å².